The van der Waals surface area contributed by atoms with Crippen molar-refractivity contribution in [1.82, 2.24) is 20.9 Å². The van der Waals surface area contributed by atoms with E-state index in [2.05, 4.69) is 16.0 Å². The predicted octanol–water partition coefficient (Wildman–Crippen LogP) is 3.59. The van der Waals surface area contributed by atoms with Crippen LogP contribution in [-0.4, -0.2) is 111 Å². The molecule has 1 aromatic rings. The van der Waals surface area contributed by atoms with Crippen molar-refractivity contribution in [2.75, 3.05) is 6.54 Å². The number of ketones is 2. The number of nitrogens with zero attached hydrogens (tertiary/aromatic N) is 1. The molecule has 1 aromatic carbocycles. The van der Waals surface area contributed by atoms with Crippen molar-refractivity contribution in [3.05, 3.63) is 59.7 Å². The summed E-state index contributed by atoms with van der Waals surface area (Å²) in [5.41, 5.74) is -2.06. The van der Waals surface area contributed by atoms with E-state index in [0.29, 0.717) is 19.3 Å². The van der Waals surface area contributed by atoms with Crippen LogP contribution in [0, 0.1) is 40.4 Å². The Kier molecular flexibility index (Phi) is 15.0. The van der Waals surface area contributed by atoms with Crippen LogP contribution in [0.15, 0.2) is 54.1 Å². The molecule has 66 heavy (non-hydrogen) atoms. The van der Waals surface area contributed by atoms with Crippen LogP contribution in [0.25, 0.3) is 0 Å². The molecule has 5 N–H and O–H groups in total. The topological polar surface area (TPSA) is 244 Å². The van der Waals surface area contributed by atoms with Gasteiger partial charge in [0.05, 0.1) is 6.10 Å². The van der Waals surface area contributed by atoms with Crippen LogP contribution in [0.5, 0.6) is 0 Å². The summed E-state index contributed by atoms with van der Waals surface area (Å²) >= 11 is 0. The number of nitrogens with one attached hydrogen (secondary N) is 3. The van der Waals surface area contributed by atoms with Crippen molar-refractivity contribution in [3.8, 4) is 0 Å². The fourth-order valence-corrected chi connectivity index (χ4v) is 11.8. The molecule has 1 heterocycles. The third kappa shape index (κ3) is 9.55. The second kappa shape index (κ2) is 19.8. The number of aliphatic hydroxyl groups excluding tert-OH is 2. The number of fused-ring (bicyclic) bond motifs is 5. The SMILES string of the molecule is CCC(=O)O[C@]1(C(=O)C(O)OC(=O)[C@@H](NC(=O)[C@@H]2CCCN2C(=O)[C@H](C)NC(=O)[C@H](C)NC(=O)OCc2ccccc2)C(C)C)CC[C@H]2[C@@H]3C[C@H](C)C4=CC(=O)C=C[C@]4(C)[C@H]3[C@@H](O)C[C@@]21C. The molecule has 17 nitrogen and oxygen atoms in total. The first kappa shape index (κ1) is 50.0. The standard InChI is InChI=1S/C49H66N4O13/c1-9-37(56)66-49(20-18-33-32-22-27(4)34-23-31(54)17-19-47(34,7)38(32)36(55)24-48(33,49)8)40(57)45(62)65-44(61)39(26(2)3)52-42(59)35-16-13-21-53(35)43(60)29(6)50-41(58)28(5)51-46(63)64-25-30-14-11-10-12-15-30/h10-12,14-15,17,19,23,26-29,32-33,35-36,38-39,45,55,62H,9,13,16,18,20-22,24-25H2,1-8H3,(H,50,58)(H,51,63)(H,52,59)/t27-,28-,29-,32-,33-,35-,36-,38+,39-,45?,47-,48-,49-/m0/s1. The first-order valence-corrected chi connectivity index (χ1v) is 23.2. The molecule has 13 atom stereocenters. The van der Waals surface area contributed by atoms with Crippen LogP contribution < -0.4 is 16.0 Å². The first-order chi connectivity index (χ1) is 31.1. The lowest BCUT2D eigenvalue weighted by atomic mass is 9.44. The molecule has 4 fully saturated rings. The molecule has 0 aromatic heterocycles. The Balaban J connectivity index is 1.10. The van der Waals surface area contributed by atoms with Crippen molar-refractivity contribution in [2.24, 2.45) is 40.4 Å². The number of likely N-dealkylation sites (tertiary alicyclic amines) is 1. The highest BCUT2D eigenvalue weighted by Crippen LogP contribution is 2.68. The maximum Gasteiger partial charge on any atom is 0.408 e. The first-order valence-electron chi connectivity index (χ1n) is 23.2. The summed E-state index contributed by atoms with van der Waals surface area (Å²) in [4.78, 5) is 108. The number of benzene rings is 1. The number of carbonyl (C=O) groups excluding carboxylic acids is 8. The van der Waals surface area contributed by atoms with Crippen molar-refractivity contribution < 1.29 is 62.8 Å². The zero-order chi connectivity index (χ0) is 48.5. The number of carbonyl (C=O) groups is 8. The maximum absolute atomic E-state index is 14.7. The van der Waals surface area contributed by atoms with Crippen LogP contribution >= 0.6 is 0 Å². The van der Waals surface area contributed by atoms with Gasteiger partial charge in [0.1, 0.15) is 30.8 Å². The summed E-state index contributed by atoms with van der Waals surface area (Å²) in [5, 5.41) is 31.2. The predicted molar refractivity (Wildman–Crippen MR) is 237 cm³/mol. The van der Waals surface area contributed by atoms with Gasteiger partial charge in [0.15, 0.2) is 11.4 Å². The second-order valence-electron chi connectivity index (χ2n) is 19.7. The van der Waals surface area contributed by atoms with E-state index in [1.165, 1.54) is 24.8 Å². The van der Waals surface area contributed by atoms with E-state index >= 15 is 0 Å². The van der Waals surface area contributed by atoms with E-state index in [4.69, 9.17) is 14.2 Å². The maximum atomic E-state index is 14.7. The highest BCUT2D eigenvalue weighted by Gasteiger charge is 2.72. The summed E-state index contributed by atoms with van der Waals surface area (Å²) in [6.45, 7) is 13.7. The van der Waals surface area contributed by atoms with Gasteiger partial charge in [0.2, 0.25) is 23.5 Å². The minimum absolute atomic E-state index is 0.00513. The summed E-state index contributed by atoms with van der Waals surface area (Å²) in [5.74, 6) is -6.24. The average Bonchev–Trinajstić information content (AvgIpc) is 3.87. The molecule has 1 aliphatic heterocycles. The summed E-state index contributed by atoms with van der Waals surface area (Å²) in [7, 11) is 0. The number of rotatable bonds is 15. The number of ether oxygens (including phenoxy) is 3. The highest BCUT2D eigenvalue weighted by molar-refractivity contribution is 6.01. The monoisotopic (exact) mass is 918 g/mol. The molecule has 360 valence electrons. The molecule has 3 saturated carbocycles. The van der Waals surface area contributed by atoms with Gasteiger partial charge in [-0.15, -0.1) is 0 Å². The van der Waals surface area contributed by atoms with Gasteiger partial charge in [-0.2, -0.15) is 0 Å². The molecular formula is C49H66N4O13. The molecule has 1 saturated heterocycles. The Morgan fingerprint density at radius 3 is 2.32 bits per heavy atom. The second-order valence-corrected chi connectivity index (χ2v) is 19.7. The Morgan fingerprint density at radius 1 is 0.955 bits per heavy atom. The number of aliphatic hydroxyl groups is 2. The van der Waals surface area contributed by atoms with E-state index in [9.17, 15) is 48.6 Å². The molecule has 5 aliphatic rings. The van der Waals surface area contributed by atoms with E-state index in [-0.39, 0.29) is 68.3 Å². The van der Waals surface area contributed by atoms with Crippen molar-refractivity contribution in [1.29, 1.82) is 0 Å². The van der Waals surface area contributed by atoms with Gasteiger partial charge in [0, 0.05) is 29.7 Å². The van der Waals surface area contributed by atoms with Crippen LogP contribution in [0.4, 0.5) is 4.79 Å². The molecule has 0 radical (unpaired) electrons. The number of Topliss-reactive ketones (excluding diaryl/α,β-unsaturated/α-hetero) is 1. The number of hydrogen-bond acceptors (Lipinski definition) is 13. The zero-order valence-electron chi connectivity index (χ0n) is 39.2. The highest BCUT2D eigenvalue weighted by atomic mass is 16.6. The van der Waals surface area contributed by atoms with E-state index in [1.54, 1.807) is 58.0 Å². The third-order valence-corrected chi connectivity index (χ3v) is 15.1. The van der Waals surface area contributed by atoms with Gasteiger partial charge in [-0.3, -0.25) is 28.8 Å². The Labute approximate surface area is 385 Å². The van der Waals surface area contributed by atoms with Gasteiger partial charge in [-0.1, -0.05) is 83.5 Å². The molecule has 17 heteroatoms. The molecule has 0 bridgehead atoms. The molecule has 0 spiro atoms. The molecule has 4 aliphatic carbocycles. The minimum Gasteiger partial charge on any atom is -0.450 e. The fourth-order valence-electron chi connectivity index (χ4n) is 11.8. The quantitative estimate of drug-likeness (QED) is 0.0961. The lowest BCUT2D eigenvalue weighted by molar-refractivity contribution is -0.215. The van der Waals surface area contributed by atoms with E-state index < -0.39 is 100 Å². The summed E-state index contributed by atoms with van der Waals surface area (Å²) in [6, 6.07) is 4.40. The minimum atomic E-state index is -2.41. The summed E-state index contributed by atoms with van der Waals surface area (Å²) in [6.07, 6.45) is 2.53. The number of amides is 4. The van der Waals surface area contributed by atoms with Crippen molar-refractivity contribution in [3.63, 3.8) is 0 Å². The smallest absolute Gasteiger partial charge is 0.408 e. The number of esters is 2. The van der Waals surface area contributed by atoms with Crippen LogP contribution in [-0.2, 0) is 54.4 Å². The lowest BCUT2D eigenvalue weighted by Gasteiger charge is -2.61. The van der Waals surface area contributed by atoms with Gasteiger partial charge in [-0.25, -0.2) is 9.59 Å². The van der Waals surface area contributed by atoms with E-state index in [1.807, 2.05) is 26.0 Å². The lowest BCUT2D eigenvalue weighted by Crippen LogP contribution is -2.64. The Bertz CT molecular complexity index is 2140. The molecule has 4 amide bonds. The van der Waals surface area contributed by atoms with Gasteiger partial charge in [0.25, 0.3) is 6.29 Å². The Morgan fingerprint density at radius 2 is 1.65 bits per heavy atom. The van der Waals surface area contributed by atoms with Gasteiger partial charge >= 0.3 is 18.0 Å². The van der Waals surface area contributed by atoms with E-state index in [0.717, 1.165) is 11.1 Å². The van der Waals surface area contributed by atoms with Crippen molar-refractivity contribution >= 4 is 47.3 Å². The average molecular weight is 919 g/mol. The number of alkyl carbamates (subject to hydrolysis) is 1. The molecule has 6 rings (SSSR count). The normalized spacial score (nSPS) is 31.7. The third-order valence-electron chi connectivity index (χ3n) is 15.1. The fraction of sp³-hybridized carbons (Fsp3) is 0.633. The number of hydrogen-bond donors (Lipinski definition) is 5. The van der Waals surface area contributed by atoms with Crippen LogP contribution in [0.2, 0.25) is 0 Å². The molecule has 1 unspecified atom stereocenters. The van der Waals surface area contributed by atoms with Crippen molar-refractivity contribution in [2.45, 2.75) is 149 Å². The van der Waals surface area contributed by atoms with Crippen LogP contribution in [0.1, 0.15) is 106 Å². The Hall–Kier alpha value is -5.42. The number of allylic oxidation sites excluding steroid dienone is 4. The van der Waals surface area contributed by atoms with Crippen LogP contribution in [0.3, 0.4) is 0 Å². The zero-order valence-corrected chi connectivity index (χ0v) is 39.2. The van der Waals surface area contributed by atoms with Gasteiger partial charge < -0.3 is 45.3 Å². The largest absolute Gasteiger partial charge is 0.450 e. The summed E-state index contributed by atoms with van der Waals surface area (Å²) < 4.78 is 16.7. The van der Waals surface area contributed by atoms with Gasteiger partial charge in [-0.05, 0) is 93.8 Å². The molecular weight excluding hydrogens is 853 g/mol.